The van der Waals surface area contributed by atoms with Gasteiger partial charge in [-0.2, -0.15) is 0 Å². The first-order valence-electron chi connectivity index (χ1n) is 15.5. The predicted octanol–water partition coefficient (Wildman–Crippen LogP) is 12.3. The maximum Gasteiger partial charge on any atom is 0.343 e. The molecule has 6 aromatic rings. The molecule has 0 atom stereocenters. The van der Waals surface area contributed by atoms with Crippen LogP contribution in [0.1, 0.15) is 34.3 Å². The molecular formula is C40H31Cl3O5. The number of ether oxygens (including phenoxy) is 4. The monoisotopic (exact) mass is 696 g/mol. The summed E-state index contributed by atoms with van der Waals surface area (Å²) >= 11 is 19.7. The molecule has 6 rings (SSSR count). The molecule has 0 amide bonds. The van der Waals surface area contributed by atoms with Crippen molar-refractivity contribution in [3.8, 4) is 34.5 Å². The lowest BCUT2D eigenvalue weighted by molar-refractivity contribution is 0.0732. The molecule has 0 aliphatic heterocycles. The zero-order valence-electron chi connectivity index (χ0n) is 26.1. The normalized spacial score (nSPS) is 10.9. The molecule has 8 heteroatoms. The molecule has 0 N–H and O–H groups in total. The van der Waals surface area contributed by atoms with Gasteiger partial charge in [-0.3, -0.25) is 0 Å². The molecule has 0 heterocycles. The molecule has 0 spiro atoms. The van der Waals surface area contributed by atoms with Crippen LogP contribution >= 0.6 is 34.8 Å². The number of hydrogen-bond donors (Lipinski definition) is 0. The average Bonchev–Trinajstić information content (AvgIpc) is 3.09. The second-order valence-electron chi connectivity index (χ2n) is 11.1. The van der Waals surface area contributed by atoms with Gasteiger partial charge in [0.15, 0.2) is 11.5 Å². The number of hydrogen-bond acceptors (Lipinski definition) is 5. The molecule has 0 radical (unpaired) electrons. The number of esters is 1. The van der Waals surface area contributed by atoms with Crippen molar-refractivity contribution in [2.45, 2.75) is 26.2 Å². The summed E-state index contributed by atoms with van der Waals surface area (Å²) in [6, 6.07) is 36.5. The standard InChI is InChI=1S/C40H31Cl3O5/c1-26-12-11-14-27(24-26)13-9-10-23-45-36-30-22-21-29(41)25-31(30)37(48-40(44)28-15-3-2-4-16-28)39(47-35-20-8-6-18-33(35)43)38(36)46-34-19-7-5-17-32(34)42/h2-8,11-12,14-22,24-25H,9-10,13,23H2,1H3. The van der Waals surface area contributed by atoms with E-state index in [1.54, 1.807) is 91.0 Å². The number of halogens is 3. The highest BCUT2D eigenvalue weighted by Crippen LogP contribution is 2.55. The fraction of sp³-hybridized carbons (Fsp3) is 0.125. The molecule has 0 saturated carbocycles. The van der Waals surface area contributed by atoms with E-state index in [9.17, 15) is 4.79 Å². The molecule has 0 fully saturated rings. The van der Waals surface area contributed by atoms with E-state index >= 15 is 0 Å². The van der Waals surface area contributed by atoms with Crippen molar-refractivity contribution < 1.29 is 23.7 Å². The van der Waals surface area contributed by atoms with Gasteiger partial charge in [0, 0.05) is 15.8 Å². The Bertz CT molecular complexity index is 2060. The Morgan fingerprint density at radius 3 is 1.92 bits per heavy atom. The largest absolute Gasteiger partial charge is 0.489 e. The second-order valence-corrected chi connectivity index (χ2v) is 12.4. The SMILES string of the molecule is Cc1cccc(CCCCOc2c(Oc3ccccc3Cl)c(Oc3ccccc3Cl)c(OC(=O)c3ccccc3)c3cc(Cl)ccc23)c1. The van der Waals surface area contributed by atoms with Crippen LogP contribution in [-0.2, 0) is 6.42 Å². The number of benzene rings is 6. The smallest absolute Gasteiger partial charge is 0.343 e. The van der Waals surface area contributed by atoms with Gasteiger partial charge in [0.05, 0.1) is 22.2 Å². The van der Waals surface area contributed by atoms with Gasteiger partial charge in [-0.25, -0.2) is 4.79 Å². The van der Waals surface area contributed by atoms with Gasteiger partial charge < -0.3 is 18.9 Å². The molecule has 48 heavy (non-hydrogen) atoms. The minimum absolute atomic E-state index is 0.0665. The van der Waals surface area contributed by atoms with Crippen LogP contribution in [0.25, 0.3) is 10.8 Å². The number of carbonyl (C=O) groups excluding carboxylic acids is 1. The first-order valence-corrected chi connectivity index (χ1v) is 16.6. The number of unbranched alkanes of at least 4 members (excludes halogenated alkanes) is 1. The van der Waals surface area contributed by atoms with E-state index in [2.05, 4.69) is 31.2 Å². The lowest BCUT2D eigenvalue weighted by Crippen LogP contribution is -2.11. The molecular weight excluding hydrogens is 667 g/mol. The first-order chi connectivity index (χ1) is 23.4. The van der Waals surface area contributed by atoms with Crippen molar-refractivity contribution >= 4 is 51.5 Å². The van der Waals surface area contributed by atoms with Crippen molar-refractivity contribution in [2.75, 3.05) is 6.61 Å². The molecule has 0 aromatic heterocycles. The van der Waals surface area contributed by atoms with Gasteiger partial charge in [0.2, 0.25) is 11.5 Å². The number of para-hydroxylation sites is 2. The summed E-state index contributed by atoms with van der Waals surface area (Å²) < 4.78 is 25.7. The van der Waals surface area contributed by atoms with Crippen LogP contribution in [0.3, 0.4) is 0 Å². The Hall–Kier alpha value is -4.68. The van der Waals surface area contributed by atoms with Gasteiger partial charge >= 0.3 is 5.97 Å². The molecule has 6 aromatic carbocycles. The molecule has 242 valence electrons. The summed E-state index contributed by atoms with van der Waals surface area (Å²) in [4.78, 5) is 13.6. The molecule has 0 bridgehead atoms. The zero-order chi connectivity index (χ0) is 33.5. The van der Waals surface area contributed by atoms with E-state index in [0.29, 0.717) is 55.3 Å². The van der Waals surface area contributed by atoms with Crippen LogP contribution < -0.4 is 18.9 Å². The summed E-state index contributed by atoms with van der Waals surface area (Å²) in [5.74, 6) is 0.735. The average molecular weight is 698 g/mol. The lowest BCUT2D eigenvalue weighted by atomic mass is 10.1. The lowest BCUT2D eigenvalue weighted by Gasteiger charge is -2.23. The van der Waals surface area contributed by atoms with E-state index in [4.69, 9.17) is 53.8 Å². The summed E-state index contributed by atoms with van der Waals surface area (Å²) in [7, 11) is 0. The maximum atomic E-state index is 13.6. The van der Waals surface area contributed by atoms with E-state index in [1.165, 1.54) is 11.1 Å². The summed E-state index contributed by atoms with van der Waals surface area (Å²) in [5.41, 5.74) is 2.85. The summed E-state index contributed by atoms with van der Waals surface area (Å²) in [6.45, 7) is 2.46. The highest BCUT2D eigenvalue weighted by Gasteiger charge is 2.29. The topological polar surface area (TPSA) is 54.0 Å². The van der Waals surface area contributed by atoms with E-state index in [1.807, 2.05) is 6.07 Å². The van der Waals surface area contributed by atoms with Gasteiger partial charge in [0.1, 0.15) is 11.5 Å². The second kappa shape index (κ2) is 15.5. The van der Waals surface area contributed by atoms with Crippen molar-refractivity contribution in [3.05, 3.63) is 153 Å². The van der Waals surface area contributed by atoms with Gasteiger partial charge in [-0.15, -0.1) is 0 Å². The Balaban J connectivity index is 1.48. The number of rotatable bonds is 12. The molecule has 5 nitrogen and oxygen atoms in total. The molecule has 0 unspecified atom stereocenters. The van der Waals surface area contributed by atoms with E-state index in [-0.39, 0.29) is 17.2 Å². The maximum absolute atomic E-state index is 13.6. The Labute approximate surface area is 294 Å². The summed E-state index contributed by atoms with van der Waals surface area (Å²) in [5, 5.41) is 2.21. The minimum Gasteiger partial charge on any atom is -0.489 e. The molecule has 0 saturated heterocycles. The van der Waals surface area contributed by atoms with Crippen molar-refractivity contribution in [1.29, 1.82) is 0 Å². The van der Waals surface area contributed by atoms with Crippen LogP contribution in [-0.4, -0.2) is 12.6 Å². The van der Waals surface area contributed by atoms with Crippen LogP contribution in [0.2, 0.25) is 15.1 Å². The third-order valence-corrected chi connectivity index (χ3v) is 8.44. The third-order valence-electron chi connectivity index (χ3n) is 7.58. The highest BCUT2D eigenvalue weighted by atomic mass is 35.5. The molecule has 0 aliphatic carbocycles. The van der Waals surface area contributed by atoms with Crippen LogP contribution in [0.15, 0.2) is 121 Å². The molecule has 0 aliphatic rings. The Kier molecular flexibility index (Phi) is 10.7. The fourth-order valence-electron chi connectivity index (χ4n) is 5.26. The van der Waals surface area contributed by atoms with Gasteiger partial charge in [-0.1, -0.05) is 107 Å². The van der Waals surface area contributed by atoms with E-state index < -0.39 is 5.97 Å². The predicted molar refractivity (Wildman–Crippen MR) is 193 cm³/mol. The minimum atomic E-state index is -0.602. The van der Waals surface area contributed by atoms with E-state index in [0.717, 1.165) is 19.3 Å². The first kappa shape index (κ1) is 33.2. The van der Waals surface area contributed by atoms with Gasteiger partial charge in [0.25, 0.3) is 0 Å². The van der Waals surface area contributed by atoms with Crippen molar-refractivity contribution in [2.24, 2.45) is 0 Å². The Morgan fingerprint density at radius 1 is 0.604 bits per heavy atom. The Morgan fingerprint density at radius 2 is 1.25 bits per heavy atom. The van der Waals surface area contributed by atoms with Crippen molar-refractivity contribution in [3.63, 3.8) is 0 Å². The van der Waals surface area contributed by atoms with Crippen LogP contribution in [0, 0.1) is 6.92 Å². The number of carbonyl (C=O) groups is 1. The quantitative estimate of drug-likeness (QED) is 0.0724. The van der Waals surface area contributed by atoms with Crippen LogP contribution in [0.4, 0.5) is 0 Å². The fourth-order valence-corrected chi connectivity index (χ4v) is 5.78. The van der Waals surface area contributed by atoms with Gasteiger partial charge in [-0.05, 0) is 86.3 Å². The number of fused-ring (bicyclic) bond motifs is 1. The zero-order valence-corrected chi connectivity index (χ0v) is 28.3. The van der Waals surface area contributed by atoms with Crippen LogP contribution in [0.5, 0.6) is 34.5 Å². The summed E-state index contributed by atoms with van der Waals surface area (Å²) in [6.07, 6.45) is 2.59. The highest BCUT2D eigenvalue weighted by molar-refractivity contribution is 6.32. The third kappa shape index (κ3) is 7.88. The van der Waals surface area contributed by atoms with Crippen molar-refractivity contribution in [1.82, 2.24) is 0 Å². The number of aryl methyl sites for hydroxylation is 2.